The average Bonchev–Trinajstić information content (AvgIpc) is 3.02. The average molecular weight is 337 g/mol. The molecule has 24 heavy (non-hydrogen) atoms. The van der Waals surface area contributed by atoms with Crippen molar-refractivity contribution >= 4 is 5.96 Å². The van der Waals surface area contributed by atoms with E-state index in [4.69, 9.17) is 9.47 Å². The number of ether oxygens (including phenoxy) is 2. The Labute approximate surface area is 143 Å². The SMILES string of the molecule is CN=C(NCCCCOc1ccc(F)cc1)NCC1(C)CCCO1. The summed E-state index contributed by atoms with van der Waals surface area (Å²) in [7, 11) is 1.77. The maximum absolute atomic E-state index is 12.8. The number of nitrogens with one attached hydrogen (secondary N) is 2. The topological polar surface area (TPSA) is 54.9 Å². The van der Waals surface area contributed by atoms with Gasteiger partial charge in [-0.05, 0) is 56.9 Å². The number of aliphatic imine (C=N–C) groups is 1. The first-order chi connectivity index (χ1) is 11.6. The predicted octanol–water partition coefficient (Wildman–Crippen LogP) is 2.72. The van der Waals surface area contributed by atoms with Gasteiger partial charge in [0.1, 0.15) is 11.6 Å². The number of unbranched alkanes of at least 4 members (excludes halogenated alkanes) is 1. The summed E-state index contributed by atoms with van der Waals surface area (Å²) in [4.78, 5) is 4.23. The Kier molecular flexibility index (Phi) is 7.31. The molecule has 0 radical (unpaired) electrons. The molecule has 0 spiro atoms. The largest absolute Gasteiger partial charge is 0.494 e. The number of hydrogen-bond donors (Lipinski definition) is 2. The molecule has 0 amide bonds. The first-order valence-corrected chi connectivity index (χ1v) is 8.58. The van der Waals surface area contributed by atoms with E-state index in [1.165, 1.54) is 12.1 Å². The predicted molar refractivity (Wildman–Crippen MR) is 94.1 cm³/mol. The Morgan fingerprint density at radius 3 is 2.75 bits per heavy atom. The molecule has 134 valence electrons. The number of rotatable bonds is 8. The van der Waals surface area contributed by atoms with Gasteiger partial charge in [0, 0.05) is 26.7 Å². The van der Waals surface area contributed by atoms with E-state index < -0.39 is 0 Å². The molecular formula is C18H28FN3O2. The summed E-state index contributed by atoms with van der Waals surface area (Å²) in [6.07, 6.45) is 4.09. The Bertz CT molecular complexity index is 514. The molecule has 1 atom stereocenters. The van der Waals surface area contributed by atoms with Crippen molar-refractivity contribution in [2.45, 2.75) is 38.2 Å². The van der Waals surface area contributed by atoms with Crippen LogP contribution in [0.2, 0.25) is 0 Å². The van der Waals surface area contributed by atoms with Crippen LogP contribution in [-0.2, 0) is 4.74 Å². The van der Waals surface area contributed by atoms with Crippen LogP contribution in [0.4, 0.5) is 4.39 Å². The van der Waals surface area contributed by atoms with E-state index in [2.05, 4.69) is 22.5 Å². The highest BCUT2D eigenvalue weighted by Crippen LogP contribution is 2.23. The molecule has 1 aliphatic heterocycles. The van der Waals surface area contributed by atoms with E-state index in [1.54, 1.807) is 19.2 Å². The van der Waals surface area contributed by atoms with Crippen LogP contribution < -0.4 is 15.4 Å². The normalized spacial score (nSPS) is 20.9. The highest BCUT2D eigenvalue weighted by Gasteiger charge is 2.29. The van der Waals surface area contributed by atoms with E-state index in [-0.39, 0.29) is 11.4 Å². The number of benzene rings is 1. The molecule has 1 aliphatic rings. The van der Waals surface area contributed by atoms with Crippen LogP contribution in [0.25, 0.3) is 0 Å². The Balaban J connectivity index is 1.54. The fourth-order valence-corrected chi connectivity index (χ4v) is 2.62. The summed E-state index contributed by atoms with van der Waals surface area (Å²) in [5, 5.41) is 6.62. The van der Waals surface area contributed by atoms with E-state index in [9.17, 15) is 4.39 Å². The van der Waals surface area contributed by atoms with Crippen molar-refractivity contribution in [1.82, 2.24) is 10.6 Å². The Morgan fingerprint density at radius 2 is 2.08 bits per heavy atom. The molecule has 1 aromatic carbocycles. The van der Waals surface area contributed by atoms with E-state index >= 15 is 0 Å². The summed E-state index contributed by atoms with van der Waals surface area (Å²) in [5.74, 6) is 1.25. The second-order valence-corrected chi connectivity index (χ2v) is 6.26. The third-order valence-electron chi connectivity index (χ3n) is 4.10. The van der Waals surface area contributed by atoms with Crippen LogP contribution in [0.1, 0.15) is 32.6 Å². The second-order valence-electron chi connectivity index (χ2n) is 6.26. The first kappa shape index (κ1) is 18.5. The van der Waals surface area contributed by atoms with Crippen LogP contribution in [-0.4, -0.2) is 44.9 Å². The van der Waals surface area contributed by atoms with Crippen molar-refractivity contribution in [1.29, 1.82) is 0 Å². The van der Waals surface area contributed by atoms with Gasteiger partial charge < -0.3 is 20.1 Å². The summed E-state index contributed by atoms with van der Waals surface area (Å²) < 4.78 is 24.1. The monoisotopic (exact) mass is 337 g/mol. The highest BCUT2D eigenvalue weighted by atomic mass is 19.1. The van der Waals surface area contributed by atoms with Gasteiger partial charge in [0.2, 0.25) is 0 Å². The minimum Gasteiger partial charge on any atom is -0.494 e. The van der Waals surface area contributed by atoms with Gasteiger partial charge in [-0.15, -0.1) is 0 Å². The smallest absolute Gasteiger partial charge is 0.191 e. The van der Waals surface area contributed by atoms with Crippen molar-refractivity contribution in [3.05, 3.63) is 30.1 Å². The van der Waals surface area contributed by atoms with Crippen LogP contribution >= 0.6 is 0 Å². The Hall–Kier alpha value is -1.82. The molecule has 0 aromatic heterocycles. The van der Waals surface area contributed by atoms with E-state index in [0.717, 1.165) is 51.3 Å². The van der Waals surface area contributed by atoms with Gasteiger partial charge in [-0.25, -0.2) is 4.39 Å². The van der Waals surface area contributed by atoms with Crippen LogP contribution in [0.3, 0.4) is 0 Å². The fourth-order valence-electron chi connectivity index (χ4n) is 2.62. The van der Waals surface area contributed by atoms with Crippen molar-refractivity contribution < 1.29 is 13.9 Å². The van der Waals surface area contributed by atoms with Crippen molar-refractivity contribution in [2.75, 3.05) is 33.4 Å². The lowest BCUT2D eigenvalue weighted by atomic mass is 10.0. The zero-order chi connectivity index (χ0) is 17.3. The maximum atomic E-state index is 12.8. The van der Waals surface area contributed by atoms with Crippen LogP contribution in [0.15, 0.2) is 29.3 Å². The van der Waals surface area contributed by atoms with Gasteiger partial charge in [0.25, 0.3) is 0 Å². The van der Waals surface area contributed by atoms with E-state index in [1.807, 2.05) is 0 Å². The number of hydrogen-bond acceptors (Lipinski definition) is 3. The molecule has 2 rings (SSSR count). The van der Waals surface area contributed by atoms with Gasteiger partial charge in [0.05, 0.1) is 12.2 Å². The molecule has 2 N–H and O–H groups in total. The maximum Gasteiger partial charge on any atom is 0.191 e. The molecule has 5 nitrogen and oxygen atoms in total. The Morgan fingerprint density at radius 1 is 1.29 bits per heavy atom. The van der Waals surface area contributed by atoms with Gasteiger partial charge >= 0.3 is 0 Å². The zero-order valence-electron chi connectivity index (χ0n) is 14.6. The summed E-state index contributed by atoms with van der Waals surface area (Å²) >= 11 is 0. The number of nitrogens with zero attached hydrogens (tertiary/aromatic N) is 1. The first-order valence-electron chi connectivity index (χ1n) is 8.58. The van der Waals surface area contributed by atoms with Gasteiger partial charge in [-0.2, -0.15) is 0 Å². The summed E-state index contributed by atoms with van der Waals surface area (Å²) in [5.41, 5.74) is -0.0827. The molecule has 0 aliphatic carbocycles. The molecular weight excluding hydrogens is 309 g/mol. The van der Waals surface area contributed by atoms with Crippen molar-refractivity contribution in [3.8, 4) is 5.75 Å². The minimum absolute atomic E-state index is 0.0827. The van der Waals surface area contributed by atoms with Crippen LogP contribution in [0, 0.1) is 5.82 Å². The van der Waals surface area contributed by atoms with Crippen LogP contribution in [0.5, 0.6) is 5.75 Å². The van der Waals surface area contributed by atoms with Crippen molar-refractivity contribution in [3.63, 3.8) is 0 Å². The molecule has 6 heteroatoms. The molecule has 1 unspecified atom stereocenters. The molecule has 1 aromatic rings. The molecule has 1 saturated heterocycles. The van der Waals surface area contributed by atoms with Crippen molar-refractivity contribution in [2.24, 2.45) is 4.99 Å². The van der Waals surface area contributed by atoms with E-state index in [0.29, 0.717) is 12.4 Å². The van der Waals surface area contributed by atoms with Gasteiger partial charge in [0.15, 0.2) is 5.96 Å². The molecule has 1 heterocycles. The van der Waals surface area contributed by atoms with Gasteiger partial charge in [-0.1, -0.05) is 0 Å². The number of guanidine groups is 1. The molecule has 0 saturated carbocycles. The highest BCUT2D eigenvalue weighted by molar-refractivity contribution is 5.79. The standard InChI is InChI=1S/C18H28FN3O2/c1-18(10-5-13-24-18)14-22-17(20-2)21-11-3-4-12-23-16-8-6-15(19)7-9-16/h6-9H,3-5,10-14H2,1-2H3,(H2,20,21,22). The fraction of sp³-hybridized carbons (Fsp3) is 0.611. The third kappa shape index (κ3) is 6.35. The lowest BCUT2D eigenvalue weighted by Gasteiger charge is -2.24. The number of halogens is 1. The summed E-state index contributed by atoms with van der Waals surface area (Å²) in [6.45, 7) is 5.18. The quantitative estimate of drug-likeness (QED) is 0.435. The third-order valence-corrected chi connectivity index (χ3v) is 4.10. The zero-order valence-corrected chi connectivity index (χ0v) is 14.6. The molecule has 1 fully saturated rings. The van der Waals surface area contributed by atoms with Gasteiger partial charge in [-0.3, -0.25) is 4.99 Å². The lowest BCUT2D eigenvalue weighted by Crippen LogP contribution is -2.45. The second kappa shape index (κ2) is 9.47. The lowest BCUT2D eigenvalue weighted by molar-refractivity contribution is 0.0243. The minimum atomic E-state index is -0.248. The summed E-state index contributed by atoms with van der Waals surface area (Å²) in [6, 6.07) is 6.10. The molecule has 0 bridgehead atoms.